The van der Waals surface area contributed by atoms with Crippen molar-refractivity contribution in [1.82, 2.24) is 4.90 Å². The van der Waals surface area contributed by atoms with Gasteiger partial charge in [0.1, 0.15) is 6.29 Å². The highest BCUT2D eigenvalue weighted by atomic mass is 16.1. The van der Waals surface area contributed by atoms with Gasteiger partial charge in [-0.05, 0) is 39.7 Å². The number of carbonyl (C=O) groups is 1. The molecule has 2 unspecified atom stereocenters. The fourth-order valence-corrected chi connectivity index (χ4v) is 2.16. The number of hydrogen-bond acceptors (Lipinski definition) is 2. The second kappa shape index (κ2) is 4.04. The molecule has 0 aromatic rings. The molecular formula is C10H19NO. The lowest BCUT2D eigenvalue weighted by Gasteiger charge is -2.39. The third-order valence-corrected chi connectivity index (χ3v) is 3.17. The first-order chi connectivity index (χ1) is 5.65. The van der Waals surface area contributed by atoms with Crippen LogP contribution in [-0.2, 0) is 4.79 Å². The summed E-state index contributed by atoms with van der Waals surface area (Å²) in [5.41, 5.74) is 0. The first-order valence-corrected chi connectivity index (χ1v) is 4.80. The Hall–Kier alpha value is -0.370. The van der Waals surface area contributed by atoms with Crippen LogP contribution in [0.3, 0.4) is 0 Å². The molecule has 2 atom stereocenters. The van der Waals surface area contributed by atoms with Gasteiger partial charge in [-0.3, -0.25) is 0 Å². The van der Waals surface area contributed by atoms with Crippen LogP contribution in [0.5, 0.6) is 0 Å². The zero-order valence-corrected chi connectivity index (χ0v) is 8.29. The zero-order valence-electron chi connectivity index (χ0n) is 8.29. The molecule has 1 heterocycles. The average molecular weight is 169 g/mol. The molecule has 2 heteroatoms. The van der Waals surface area contributed by atoms with Crippen LogP contribution in [0.15, 0.2) is 0 Å². The van der Waals surface area contributed by atoms with Crippen LogP contribution in [0.4, 0.5) is 0 Å². The molecular weight excluding hydrogens is 150 g/mol. The van der Waals surface area contributed by atoms with Crippen molar-refractivity contribution in [2.45, 2.75) is 45.2 Å². The van der Waals surface area contributed by atoms with Crippen molar-refractivity contribution in [3.05, 3.63) is 0 Å². The van der Waals surface area contributed by atoms with Crippen molar-refractivity contribution in [1.29, 1.82) is 0 Å². The van der Waals surface area contributed by atoms with Crippen LogP contribution in [0.2, 0.25) is 0 Å². The maximum Gasteiger partial charge on any atom is 0.120 e. The number of nitrogens with zero attached hydrogens (tertiary/aromatic N) is 1. The summed E-state index contributed by atoms with van der Waals surface area (Å²) in [6.45, 7) is 4.49. The first kappa shape index (κ1) is 9.72. The minimum absolute atomic E-state index is 0.628. The molecule has 1 aliphatic heterocycles. The molecule has 0 amide bonds. The van der Waals surface area contributed by atoms with Gasteiger partial charge in [0.25, 0.3) is 0 Å². The minimum atomic E-state index is 0.628. The second-order valence-corrected chi connectivity index (χ2v) is 4.10. The summed E-state index contributed by atoms with van der Waals surface area (Å²) >= 11 is 0. The van der Waals surface area contributed by atoms with E-state index in [9.17, 15) is 4.79 Å². The highest BCUT2D eigenvalue weighted by molar-refractivity contribution is 5.49. The highest BCUT2D eigenvalue weighted by Crippen LogP contribution is 2.27. The van der Waals surface area contributed by atoms with Crippen molar-refractivity contribution >= 4 is 6.29 Å². The Morgan fingerprint density at radius 3 is 2.25 bits per heavy atom. The van der Waals surface area contributed by atoms with E-state index in [4.69, 9.17) is 0 Å². The van der Waals surface area contributed by atoms with Gasteiger partial charge < -0.3 is 9.69 Å². The fourth-order valence-electron chi connectivity index (χ4n) is 2.16. The molecule has 70 valence electrons. The molecule has 1 fully saturated rings. The van der Waals surface area contributed by atoms with Crippen LogP contribution in [0, 0.1) is 5.92 Å². The Morgan fingerprint density at radius 2 is 1.83 bits per heavy atom. The minimum Gasteiger partial charge on any atom is -0.303 e. The topological polar surface area (TPSA) is 20.3 Å². The van der Waals surface area contributed by atoms with Crippen molar-refractivity contribution in [3.63, 3.8) is 0 Å². The van der Waals surface area contributed by atoms with E-state index in [1.165, 1.54) is 12.8 Å². The summed E-state index contributed by atoms with van der Waals surface area (Å²) in [6, 6.07) is 1.28. The summed E-state index contributed by atoms with van der Waals surface area (Å²) in [4.78, 5) is 12.8. The summed E-state index contributed by atoms with van der Waals surface area (Å²) in [6.07, 6.45) is 4.18. The number of likely N-dealkylation sites (tertiary alicyclic amines) is 1. The third kappa shape index (κ3) is 2.07. The molecule has 0 spiro atoms. The Labute approximate surface area is 74.9 Å². The quantitative estimate of drug-likeness (QED) is 0.586. The molecule has 0 radical (unpaired) electrons. The summed E-state index contributed by atoms with van der Waals surface area (Å²) in [5, 5.41) is 0. The SMILES string of the molecule is CC1CC(CC=O)CC(C)N1C. The van der Waals surface area contributed by atoms with E-state index in [0.29, 0.717) is 18.0 Å². The van der Waals surface area contributed by atoms with Crippen LogP contribution in [-0.4, -0.2) is 30.3 Å². The molecule has 0 bridgehead atoms. The van der Waals surface area contributed by atoms with Crippen molar-refractivity contribution in [2.75, 3.05) is 7.05 Å². The smallest absolute Gasteiger partial charge is 0.120 e. The number of hydrogen-bond donors (Lipinski definition) is 0. The third-order valence-electron chi connectivity index (χ3n) is 3.17. The van der Waals surface area contributed by atoms with Crippen molar-refractivity contribution in [2.24, 2.45) is 5.92 Å². The fraction of sp³-hybridized carbons (Fsp3) is 0.900. The Bertz CT molecular complexity index is 146. The van der Waals surface area contributed by atoms with Gasteiger partial charge in [-0.25, -0.2) is 0 Å². The molecule has 0 aromatic carbocycles. The lowest BCUT2D eigenvalue weighted by molar-refractivity contribution is -0.109. The van der Waals surface area contributed by atoms with Gasteiger partial charge in [-0.2, -0.15) is 0 Å². The van der Waals surface area contributed by atoms with Crippen LogP contribution < -0.4 is 0 Å². The summed E-state index contributed by atoms with van der Waals surface area (Å²) < 4.78 is 0. The number of carbonyl (C=O) groups excluding carboxylic acids is 1. The van der Waals surface area contributed by atoms with E-state index >= 15 is 0 Å². The molecule has 0 aromatic heterocycles. The second-order valence-electron chi connectivity index (χ2n) is 4.10. The van der Waals surface area contributed by atoms with E-state index in [1.807, 2.05) is 0 Å². The summed E-state index contributed by atoms with van der Waals surface area (Å²) in [5.74, 6) is 0.628. The maximum atomic E-state index is 10.4. The largest absolute Gasteiger partial charge is 0.303 e. The number of aldehydes is 1. The van der Waals surface area contributed by atoms with Crippen LogP contribution >= 0.6 is 0 Å². The van der Waals surface area contributed by atoms with E-state index in [0.717, 1.165) is 12.7 Å². The van der Waals surface area contributed by atoms with Crippen molar-refractivity contribution in [3.8, 4) is 0 Å². The Kier molecular flexibility index (Phi) is 3.27. The Balaban J connectivity index is 2.47. The van der Waals surface area contributed by atoms with Gasteiger partial charge >= 0.3 is 0 Å². The maximum absolute atomic E-state index is 10.4. The normalized spacial score (nSPS) is 38.1. The van der Waals surface area contributed by atoms with E-state index in [1.54, 1.807) is 0 Å². The average Bonchev–Trinajstić information content (AvgIpc) is 2.01. The van der Waals surface area contributed by atoms with E-state index < -0.39 is 0 Å². The van der Waals surface area contributed by atoms with Crippen LogP contribution in [0.1, 0.15) is 33.1 Å². The molecule has 0 saturated carbocycles. The molecule has 0 aliphatic carbocycles. The number of piperidine rings is 1. The van der Waals surface area contributed by atoms with E-state index in [-0.39, 0.29) is 0 Å². The molecule has 2 nitrogen and oxygen atoms in total. The monoisotopic (exact) mass is 169 g/mol. The summed E-state index contributed by atoms with van der Waals surface area (Å²) in [7, 11) is 2.17. The van der Waals surface area contributed by atoms with Gasteiger partial charge in [0.05, 0.1) is 0 Å². The molecule has 1 saturated heterocycles. The van der Waals surface area contributed by atoms with Crippen LogP contribution in [0.25, 0.3) is 0 Å². The van der Waals surface area contributed by atoms with Gasteiger partial charge in [0.15, 0.2) is 0 Å². The lowest BCUT2D eigenvalue weighted by Crippen LogP contribution is -2.43. The Morgan fingerprint density at radius 1 is 1.33 bits per heavy atom. The predicted molar refractivity (Wildman–Crippen MR) is 50.1 cm³/mol. The van der Waals surface area contributed by atoms with E-state index in [2.05, 4.69) is 25.8 Å². The van der Waals surface area contributed by atoms with Gasteiger partial charge in [-0.1, -0.05) is 0 Å². The van der Waals surface area contributed by atoms with Gasteiger partial charge in [0.2, 0.25) is 0 Å². The molecule has 0 N–H and O–H groups in total. The highest BCUT2D eigenvalue weighted by Gasteiger charge is 2.27. The number of rotatable bonds is 2. The van der Waals surface area contributed by atoms with Gasteiger partial charge in [-0.15, -0.1) is 0 Å². The molecule has 12 heavy (non-hydrogen) atoms. The first-order valence-electron chi connectivity index (χ1n) is 4.80. The molecule has 1 rings (SSSR count). The lowest BCUT2D eigenvalue weighted by atomic mass is 9.86. The predicted octanol–water partition coefficient (Wildman–Crippen LogP) is 1.69. The zero-order chi connectivity index (χ0) is 9.14. The van der Waals surface area contributed by atoms with Crippen molar-refractivity contribution < 1.29 is 4.79 Å². The van der Waals surface area contributed by atoms with Gasteiger partial charge in [0, 0.05) is 18.5 Å². The molecule has 1 aliphatic rings. The standard InChI is InChI=1S/C10H19NO/c1-8-6-10(4-5-12)7-9(2)11(8)3/h5,8-10H,4,6-7H2,1-3H3.